The molecule has 1 aromatic carbocycles. The number of thiophene rings is 1. The van der Waals surface area contributed by atoms with Gasteiger partial charge in [-0.3, -0.25) is 4.79 Å². The fourth-order valence-corrected chi connectivity index (χ4v) is 3.55. The number of para-hydroxylation sites is 2. The summed E-state index contributed by atoms with van der Waals surface area (Å²) in [6.45, 7) is 2.42. The molecular weight excluding hydrogens is 372 g/mol. The quantitative estimate of drug-likeness (QED) is 0.622. The maximum atomic E-state index is 12.2. The predicted molar refractivity (Wildman–Crippen MR) is 98.7 cm³/mol. The SMILES string of the molecule is CCOc1ccccc1-n1nnnc1SCC(=O)Nc1sccc1C#N. The molecule has 2 aromatic heterocycles. The van der Waals surface area contributed by atoms with Crippen molar-refractivity contribution in [2.24, 2.45) is 0 Å². The van der Waals surface area contributed by atoms with Crippen LogP contribution < -0.4 is 10.1 Å². The van der Waals surface area contributed by atoms with Gasteiger partial charge in [0.05, 0.1) is 17.9 Å². The van der Waals surface area contributed by atoms with Gasteiger partial charge in [-0.15, -0.1) is 16.4 Å². The number of carbonyl (C=O) groups is 1. The van der Waals surface area contributed by atoms with E-state index in [-0.39, 0.29) is 11.7 Å². The molecule has 0 atom stereocenters. The van der Waals surface area contributed by atoms with Crippen molar-refractivity contribution in [3.8, 4) is 17.5 Å². The van der Waals surface area contributed by atoms with Crippen molar-refractivity contribution in [3.63, 3.8) is 0 Å². The van der Waals surface area contributed by atoms with Crippen LogP contribution in [0.3, 0.4) is 0 Å². The van der Waals surface area contributed by atoms with E-state index in [0.29, 0.717) is 33.8 Å². The van der Waals surface area contributed by atoms with Crippen molar-refractivity contribution in [1.29, 1.82) is 5.26 Å². The number of rotatable bonds is 7. The molecule has 0 aliphatic heterocycles. The van der Waals surface area contributed by atoms with E-state index in [1.807, 2.05) is 37.3 Å². The summed E-state index contributed by atoms with van der Waals surface area (Å²) in [5, 5.41) is 26.2. The molecular formula is C16H14N6O2S2. The van der Waals surface area contributed by atoms with Crippen LogP contribution in [-0.4, -0.2) is 38.5 Å². The molecule has 1 amide bonds. The minimum absolute atomic E-state index is 0.111. The van der Waals surface area contributed by atoms with Crippen molar-refractivity contribution in [2.75, 3.05) is 17.7 Å². The van der Waals surface area contributed by atoms with Gasteiger partial charge in [0.1, 0.15) is 22.5 Å². The van der Waals surface area contributed by atoms with Crippen molar-refractivity contribution < 1.29 is 9.53 Å². The van der Waals surface area contributed by atoms with E-state index < -0.39 is 0 Å². The van der Waals surface area contributed by atoms with Crippen LogP contribution in [0.5, 0.6) is 5.75 Å². The number of thioether (sulfide) groups is 1. The first-order valence-corrected chi connectivity index (χ1v) is 9.50. The monoisotopic (exact) mass is 386 g/mol. The zero-order valence-corrected chi connectivity index (χ0v) is 15.4. The number of carbonyl (C=O) groups excluding carboxylic acids is 1. The Kier molecular flexibility index (Phi) is 5.83. The second-order valence-corrected chi connectivity index (χ2v) is 6.74. The van der Waals surface area contributed by atoms with Crippen LogP contribution in [0.25, 0.3) is 5.69 Å². The summed E-state index contributed by atoms with van der Waals surface area (Å²) in [5.41, 5.74) is 1.15. The smallest absolute Gasteiger partial charge is 0.235 e. The van der Waals surface area contributed by atoms with E-state index >= 15 is 0 Å². The highest BCUT2D eigenvalue weighted by atomic mass is 32.2. The summed E-state index contributed by atoms with van der Waals surface area (Å²) >= 11 is 2.51. The number of nitriles is 1. The molecule has 26 heavy (non-hydrogen) atoms. The Morgan fingerprint density at radius 3 is 3.08 bits per heavy atom. The number of ether oxygens (including phenoxy) is 1. The first-order chi connectivity index (χ1) is 12.7. The third-order valence-corrected chi connectivity index (χ3v) is 4.95. The van der Waals surface area contributed by atoms with Crippen LogP contribution in [0.2, 0.25) is 0 Å². The highest BCUT2D eigenvalue weighted by Gasteiger charge is 2.15. The van der Waals surface area contributed by atoms with Crippen LogP contribution >= 0.6 is 23.1 Å². The number of anilines is 1. The topological polar surface area (TPSA) is 106 Å². The predicted octanol–water partition coefficient (Wildman–Crippen LogP) is 2.72. The molecule has 0 spiro atoms. The number of nitrogens with zero attached hydrogens (tertiary/aromatic N) is 5. The molecule has 0 aliphatic rings. The fourth-order valence-electron chi connectivity index (χ4n) is 2.12. The Balaban J connectivity index is 1.70. The van der Waals surface area contributed by atoms with Crippen LogP contribution in [-0.2, 0) is 4.79 Å². The molecule has 1 N–H and O–H groups in total. The van der Waals surface area contributed by atoms with Crippen molar-refractivity contribution in [1.82, 2.24) is 20.2 Å². The van der Waals surface area contributed by atoms with Gasteiger partial charge < -0.3 is 10.1 Å². The molecule has 3 rings (SSSR count). The van der Waals surface area contributed by atoms with Gasteiger partial charge in [0.2, 0.25) is 11.1 Å². The highest BCUT2D eigenvalue weighted by molar-refractivity contribution is 7.99. The molecule has 132 valence electrons. The van der Waals surface area contributed by atoms with Crippen LogP contribution in [0.15, 0.2) is 40.9 Å². The Bertz CT molecular complexity index is 946. The third kappa shape index (κ3) is 4.01. The average Bonchev–Trinajstić information content (AvgIpc) is 3.29. The number of amides is 1. The normalized spacial score (nSPS) is 10.3. The molecule has 0 unspecified atom stereocenters. The van der Waals surface area contributed by atoms with Gasteiger partial charge in [0, 0.05) is 0 Å². The Morgan fingerprint density at radius 2 is 2.27 bits per heavy atom. The van der Waals surface area contributed by atoms with E-state index in [1.165, 1.54) is 27.8 Å². The molecule has 2 heterocycles. The number of hydrogen-bond donors (Lipinski definition) is 1. The Hall–Kier alpha value is -2.90. The molecule has 0 saturated carbocycles. The summed E-state index contributed by atoms with van der Waals surface area (Å²) in [6, 6.07) is 11.1. The maximum absolute atomic E-state index is 12.2. The zero-order chi connectivity index (χ0) is 18.4. The van der Waals surface area contributed by atoms with E-state index in [0.717, 1.165) is 0 Å². The minimum atomic E-state index is -0.235. The standard InChI is InChI=1S/C16H14N6O2S2/c1-2-24-13-6-4-3-5-12(13)22-16(19-20-21-22)26-10-14(23)18-15-11(9-17)7-8-25-15/h3-8H,2,10H2,1H3,(H,18,23). The molecule has 3 aromatic rings. The molecule has 8 nitrogen and oxygen atoms in total. The van der Waals surface area contributed by atoms with Crippen molar-refractivity contribution >= 4 is 34.0 Å². The van der Waals surface area contributed by atoms with Crippen LogP contribution in [0, 0.1) is 11.3 Å². The number of hydrogen-bond acceptors (Lipinski definition) is 8. The lowest BCUT2D eigenvalue weighted by Crippen LogP contribution is -2.14. The lowest BCUT2D eigenvalue weighted by molar-refractivity contribution is -0.113. The first kappa shape index (κ1) is 17.9. The van der Waals surface area contributed by atoms with E-state index in [2.05, 4.69) is 20.8 Å². The largest absolute Gasteiger partial charge is 0.492 e. The van der Waals surface area contributed by atoms with Crippen LogP contribution in [0.1, 0.15) is 12.5 Å². The number of tetrazole rings is 1. The van der Waals surface area contributed by atoms with Gasteiger partial charge in [-0.2, -0.15) is 9.94 Å². The van der Waals surface area contributed by atoms with Crippen LogP contribution in [0.4, 0.5) is 5.00 Å². The summed E-state index contributed by atoms with van der Waals surface area (Å²) in [5.74, 6) is 0.535. The molecule has 0 aliphatic carbocycles. The third-order valence-electron chi connectivity index (χ3n) is 3.21. The maximum Gasteiger partial charge on any atom is 0.235 e. The average molecular weight is 386 g/mol. The molecule has 0 bridgehead atoms. The van der Waals surface area contributed by atoms with Gasteiger partial charge in [-0.25, -0.2) is 0 Å². The Labute approximate surface area is 157 Å². The van der Waals surface area contributed by atoms with Crippen molar-refractivity contribution in [2.45, 2.75) is 12.1 Å². The second kappa shape index (κ2) is 8.46. The molecule has 10 heteroatoms. The zero-order valence-electron chi connectivity index (χ0n) is 13.7. The number of benzene rings is 1. The van der Waals surface area contributed by atoms with E-state index in [1.54, 1.807) is 11.4 Å². The van der Waals surface area contributed by atoms with Gasteiger partial charge in [-0.05, 0) is 40.9 Å². The van der Waals surface area contributed by atoms with E-state index in [9.17, 15) is 4.79 Å². The second-order valence-electron chi connectivity index (χ2n) is 4.89. The lowest BCUT2D eigenvalue weighted by atomic mass is 10.3. The molecule has 0 radical (unpaired) electrons. The summed E-state index contributed by atoms with van der Waals surface area (Å²) in [7, 11) is 0. The minimum Gasteiger partial charge on any atom is -0.492 e. The van der Waals surface area contributed by atoms with E-state index in [4.69, 9.17) is 10.00 Å². The summed E-state index contributed by atoms with van der Waals surface area (Å²) in [4.78, 5) is 12.2. The summed E-state index contributed by atoms with van der Waals surface area (Å²) < 4.78 is 7.14. The van der Waals surface area contributed by atoms with Gasteiger partial charge in [0.15, 0.2) is 0 Å². The fraction of sp³-hybridized carbons (Fsp3) is 0.188. The number of nitrogens with one attached hydrogen (secondary N) is 1. The summed E-state index contributed by atoms with van der Waals surface area (Å²) in [6.07, 6.45) is 0. The Morgan fingerprint density at radius 1 is 1.42 bits per heavy atom. The van der Waals surface area contributed by atoms with Crippen molar-refractivity contribution in [3.05, 3.63) is 41.3 Å². The first-order valence-electron chi connectivity index (χ1n) is 7.63. The lowest BCUT2D eigenvalue weighted by Gasteiger charge is -2.10. The molecule has 0 fully saturated rings. The number of aromatic nitrogens is 4. The van der Waals surface area contributed by atoms with Gasteiger partial charge >= 0.3 is 0 Å². The highest BCUT2D eigenvalue weighted by Crippen LogP contribution is 2.26. The van der Waals surface area contributed by atoms with Gasteiger partial charge in [-0.1, -0.05) is 23.9 Å². The van der Waals surface area contributed by atoms with Gasteiger partial charge in [0.25, 0.3) is 0 Å². The molecule has 0 saturated heterocycles.